The zero-order valence-corrected chi connectivity index (χ0v) is 14.5. The Kier molecular flexibility index (Phi) is 5.48. The second-order valence-electron chi connectivity index (χ2n) is 4.81. The fraction of sp³-hybridized carbons (Fsp3) is 0.188. The van der Waals surface area contributed by atoms with Gasteiger partial charge in [-0.15, -0.1) is 0 Å². The summed E-state index contributed by atoms with van der Waals surface area (Å²) in [6.45, 7) is 0. The Hall–Kier alpha value is -2.81. The molecule has 0 saturated heterocycles. The second-order valence-corrected chi connectivity index (χ2v) is 6.46. The monoisotopic (exact) mass is 369 g/mol. The van der Waals surface area contributed by atoms with Crippen LogP contribution in [0.25, 0.3) is 0 Å². The maximum atomic E-state index is 14.0. The Bertz CT molecular complexity index is 897. The van der Waals surface area contributed by atoms with Crippen LogP contribution in [0.3, 0.4) is 0 Å². The van der Waals surface area contributed by atoms with Gasteiger partial charge in [0.15, 0.2) is 11.5 Å². The number of halogens is 1. The van der Waals surface area contributed by atoms with Gasteiger partial charge in [-0.05, 0) is 30.3 Å². The summed E-state index contributed by atoms with van der Waals surface area (Å²) in [4.78, 5) is 10.9. The fourth-order valence-corrected chi connectivity index (χ4v) is 3.22. The molecule has 0 saturated carbocycles. The highest BCUT2D eigenvalue weighted by atomic mass is 32.2. The van der Waals surface area contributed by atoms with E-state index in [0.717, 1.165) is 25.3 Å². The summed E-state index contributed by atoms with van der Waals surface area (Å²) in [6.07, 6.45) is 0. The van der Waals surface area contributed by atoms with E-state index in [9.17, 15) is 17.6 Å². The number of rotatable bonds is 6. The van der Waals surface area contributed by atoms with Crippen molar-refractivity contribution < 1.29 is 31.8 Å². The van der Waals surface area contributed by atoms with Crippen molar-refractivity contribution in [2.75, 3.05) is 26.1 Å². The van der Waals surface area contributed by atoms with E-state index < -0.39 is 26.7 Å². The number of hydrogen-bond acceptors (Lipinski definition) is 6. The van der Waals surface area contributed by atoms with Crippen molar-refractivity contribution in [3.05, 3.63) is 47.8 Å². The highest BCUT2D eigenvalue weighted by Gasteiger charge is 2.22. The third-order valence-corrected chi connectivity index (χ3v) is 4.67. The first kappa shape index (κ1) is 18.5. The van der Waals surface area contributed by atoms with E-state index in [4.69, 9.17) is 9.47 Å². The van der Waals surface area contributed by atoms with Gasteiger partial charge in [0.1, 0.15) is 10.7 Å². The van der Waals surface area contributed by atoms with Crippen LogP contribution in [0.1, 0.15) is 10.4 Å². The SMILES string of the molecule is COC(=O)c1ccc(F)c(S(=O)(=O)Nc2ccc(OC)c(OC)c2)c1. The number of sulfonamides is 1. The molecule has 0 spiro atoms. The van der Waals surface area contributed by atoms with E-state index in [1.807, 2.05) is 0 Å². The molecule has 2 rings (SSSR count). The molecule has 2 aromatic rings. The number of ether oxygens (including phenoxy) is 3. The van der Waals surface area contributed by atoms with Crippen molar-refractivity contribution in [1.82, 2.24) is 0 Å². The molecule has 7 nitrogen and oxygen atoms in total. The van der Waals surface area contributed by atoms with Gasteiger partial charge in [0.25, 0.3) is 10.0 Å². The van der Waals surface area contributed by atoms with Gasteiger partial charge in [-0.3, -0.25) is 4.72 Å². The molecule has 0 aliphatic carbocycles. The van der Waals surface area contributed by atoms with Crippen LogP contribution in [0.4, 0.5) is 10.1 Å². The van der Waals surface area contributed by atoms with Crippen LogP contribution in [0, 0.1) is 5.82 Å². The maximum absolute atomic E-state index is 14.0. The molecule has 0 fully saturated rings. The minimum Gasteiger partial charge on any atom is -0.493 e. The third kappa shape index (κ3) is 4.00. The lowest BCUT2D eigenvalue weighted by atomic mass is 10.2. The summed E-state index contributed by atoms with van der Waals surface area (Å²) in [5, 5.41) is 0. The van der Waals surface area contributed by atoms with Gasteiger partial charge in [-0.1, -0.05) is 0 Å². The van der Waals surface area contributed by atoms with Crippen molar-refractivity contribution >= 4 is 21.7 Å². The molecule has 134 valence electrons. The van der Waals surface area contributed by atoms with E-state index in [1.165, 1.54) is 32.4 Å². The molecule has 0 aliphatic heterocycles. The van der Waals surface area contributed by atoms with E-state index in [-0.39, 0.29) is 11.3 Å². The fourth-order valence-electron chi connectivity index (χ4n) is 2.06. The average molecular weight is 369 g/mol. The van der Waals surface area contributed by atoms with Crippen LogP contribution in [0.5, 0.6) is 11.5 Å². The van der Waals surface area contributed by atoms with Crippen molar-refractivity contribution in [1.29, 1.82) is 0 Å². The van der Waals surface area contributed by atoms with E-state index in [2.05, 4.69) is 9.46 Å². The van der Waals surface area contributed by atoms with Crippen LogP contribution < -0.4 is 14.2 Å². The summed E-state index contributed by atoms with van der Waals surface area (Å²) in [5.41, 5.74) is 0.0529. The molecule has 0 aliphatic rings. The molecular weight excluding hydrogens is 353 g/mol. The topological polar surface area (TPSA) is 90.9 Å². The number of methoxy groups -OCH3 is 3. The highest BCUT2D eigenvalue weighted by Crippen LogP contribution is 2.31. The Morgan fingerprint density at radius 3 is 2.28 bits per heavy atom. The molecule has 0 atom stereocenters. The number of anilines is 1. The van der Waals surface area contributed by atoms with Gasteiger partial charge in [-0.2, -0.15) is 0 Å². The largest absolute Gasteiger partial charge is 0.493 e. The molecular formula is C16H16FNO6S. The predicted octanol–water partition coefficient (Wildman–Crippen LogP) is 2.43. The molecule has 9 heteroatoms. The Balaban J connectivity index is 2.41. The van der Waals surface area contributed by atoms with Crippen LogP contribution in [0.2, 0.25) is 0 Å². The Morgan fingerprint density at radius 2 is 1.68 bits per heavy atom. The minimum atomic E-state index is -4.28. The molecule has 0 radical (unpaired) electrons. The normalized spacial score (nSPS) is 10.9. The standard InChI is InChI=1S/C16H16FNO6S/c1-22-13-7-5-11(9-14(13)23-2)18-25(20,21)15-8-10(16(19)24-3)4-6-12(15)17/h4-9,18H,1-3H3. The Labute approximate surface area is 144 Å². The van der Waals surface area contributed by atoms with Gasteiger partial charge in [0, 0.05) is 6.07 Å². The average Bonchev–Trinajstić information content (AvgIpc) is 2.60. The summed E-state index contributed by atoms with van der Waals surface area (Å²) in [6, 6.07) is 7.24. The summed E-state index contributed by atoms with van der Waals surface area (Å²) < 4.78 is 55.8. The molecule has 0 amide bonds. The summed E-state index contributed by atoms with van der Waals surface area (Å²) >= 11 is 0. The summed E-state index contributed by atoms with van der Waals surface area (Å²) in [5.74, 6) is -1.07. The minimum absolute atomic E-state index is 0.0865. The number of esters is 1. The van der Waals surface area contributed by atoms with Crippen molar-refractivity contribution in [3.63, 3.8) is 0 Å². The molecule has 0 aromatic heterocycles. The van der Waals surface area contributed by atoms with Crippen LogP contribution >= 0.6 is 0 Å². The molecule has 2 aromatic carbocycles. The molecule has 0 heterocycles. The lowest BCUT2D eigenvalue weighted by Crippen LogP contribution is -2.16. The smallest absolute Gasteiger partial charge is 0.337 e. The van der Waals surface area contributed by atoms with Gasteiger partial charge in [0.05, 0.1) is 32.6 Å². The van der Waals surface area contributed by atoms with Gasteiger partial charge in [0.2, 0.25) is 0 Å². The first-order chi connectivity index (χ1) is 11.8. The van der Waals surface area contributed by atoms with Crippen LogP contribution in [-0.2, 0) is 14.8 Å². The zero-order valence-electron chi connectivity index (χ0n) is 13.7. The van der Waals surface area contributed by atoms with E-state index in [1.54, 1.807) is 0 Å². The number of nitrogens with one attached hydrogen (secondary N) is 1. The third-order valence-electron chi connectivity index (χ3n) is 3.28. The molecule has 1 N–H and O–H groups in total. The lowest BCUT2D eigenvalue weighted by Gasteiger charge is -2.12. The highest BCUT2D eigenvalue weighted by molar-refractivity contribution is 7.92. The van der Waals surface area contributed by atoms with E-state index >= 15 is 0 Å². The summed E-state index contributed by atoms with van der Waals surface area (Å²) in [7, 11) is -0.303. The zero-order chi connectivity index (χ0) is 18.6. The molecule has 25 heavy (non-hydrogen) atoms. The van der Waals surface area contributed by atoms with Gasteiger partial charge >= 0.3 is 5.97 Å². The van der Waals surface area contributed by atoms with Crippen molar-refractivity contribution in [2.24, 2.45) is 0 Å². The van der Waals surface area contributed by atoms with Crippen LogP contribution in [0.15, 0.2) is 41.3 Å². The maximum Gasteiger partial charge on any atom is 0.337 e. The van der Waals surface area contributed by atoms with Crippen molar-refractivity contribution in [2.45, 2.75) is 4.90 Å². The Morgan fingerprint density at radius 1 is 1.00 bits per heavy atom. The first-order valence-corrected chi connectivity index (χ1v) is 8.43. The number of carbonyl (C=O) groups is 1. The number of carbonyl (C=O) groups excluding carboxylic acids is 1. The van der Waals surface area contributed by atoms with Gasteiger partial charge in [-0.25, -0.2) is 17.6 Å². The second kappa shape index (κ2) is 7.39. The van der Waals surface area contributed by atoms with E-state index in [0.29, 0.717) is 11.5 Å². The van der Waals surface area contributed by atoms with Gasteiger partial charge < -0.3 is 14.2 Å². The first-order valence-electron chi connectivity index (χ1n) is 6.95. The molecule has 0 bridgehead atoms. The number of benzene rings is 2. The molecule has 0 unspecified atom stereocenters. The lowest BCUT2D eigenvalue weighted by molar-refractivity contribution is 0.0600. The van der Waals surface area contributed by atoms with Crippen molar-refractivity contribution in [3.8, 4) is 11.5 Å². The predicted molar refractivity (Wildman–Crippen MR) is 88.1 cm³/mol. The quantitative estimate of drug-likeness (QED) is 0.787. The number of hydrogen-bond donors (Lipinski definition) is 1. The van der Waals surface area contributed by atoms with Crippen LogP contribution in [-0.4, -0.2) is 35.7 Å².